The maximum absolute atomic E-state index is 13.3. The molecule has 0 atom stereocenters. The molecule has 0 radical (unpaired) electrons. The minimum absolute atomic E-state index is 0.269. The van der Waals surface area contributed by atoms with Gasteiger partial charge in [-0.15, -0.1) is 0 Å². The maximum Gasteiger partial charge on any atom is 0.125 e. The van der Waals surface area contributed by atoms with E-state index in [2.05, 4.69) is 27.6 Å². The number of benzene rings is 1. The highest BCUT2D eigenvalue weighted by atomic mass is 127. The number of anilines is 1. The first-order chi connectivity index (χ1) is 7.54. The lowest BCUT2D eigenvalue weighted by Crippen LogP contribution is -2.01. The summed E-state index contributed by atoms with van der Waals surface area (Å²) < 4.78 is 14.1. The molecule has 16 heavy (non-hydrogen) atoms. The predicted octanol–water partition coefficient (Wildman–Crippen LogP) is 3.43. The third-order valence-corrected chi connectivity index (χ3v) is 3.56. The zero-order valence-electron chi connectivity index (χ0n) is 9.14. The molecular formula is C12H12FIN2. The molecule has 84 valence electrons. The number of aryl methyl sites for hydroxylation is 1. The first-order valence-corrected chi connectivity index (χ1v) is 6.16. The van der Waals surface area contributed by atoms with E-state index >= 15 is 0 Å². The van der Waals surface area contributed by atoms with E-state index in [4.69, 9.17) is 5.73 Å². The Hall–Kier alpha value is -0.910. The highest BCUT2D eigenvalue weighted by Gasteiger charge is 2.11. The average Bonchev–Trinajstić information content (AvgIpc) is 2.24. The average molecular weight is 330 g/mol. The van der Waals surface area contributed by atoms with Crippen molar-refractivity contribution >= 4 is 39.2 Å². The summed E-state index contributed by atoms with van der Waals surface area (Å²) in [6.07, 6.45) is 0.833. The molecule has 0 unspecified atom stereocenters. The van der Waals surface area contributed by atoms with Gasteiger partial charge in [0.2, 0.25) is 0 Å². The predicted molar refractivity (Wildman–Crippen MR) is 72.9 cm³/mol. The van der Waals surface area contributed by atoms with Gasteiger partial charge in [0.05, 0.1) is 5.52 Å². The molecule has 1 aromatic heterocycles. The lowest BCUT2D eigenvalue weighted by molar-refractivity contribution is 0.628. The number of hydrogen-bond donors (Lipinski definition) is 1. The summed E-state index contributed by atoms with van der Waals surface area (Å²) in [6.45, 7) is 3.97. The molecule has 1 aromatic carbocycles. The molecule has 0 aliphatic rings. The molecule has 0 fully saturated rings. The number of pyridine rings is 1. The van der Waals surface area contributed by atoms with Gasteiger partial charge in [-0.1, -0.05) is 6.92 Å². The van der Waals surface area contributed by atoms with Crippen LogP contribution in [-0.4, -0.2) is 4.98 Å². The monoisotopic (exact) mass is 330 g/mol. The normalized spacial score (nSPS) is 11.0. The number of nitrogens with zero attached hydrogens (tertiary/aromatic N) is 1. The molecule has 0 aliphatic heterocycles. The van der Waals surface area contributed by atoms with Crippen LogP contribution >= 0.6 is 22.6 Å². The van der Waals surface area contributed by atoms with Gasteiger partial charge in [-0.2, -0.15) is 0 Å². The summed E-state index contributed by atoms with van der Waals surface area (Å²) in [6, 6.07) is 2.93. The number of fused-ring (bicyclic) bond motifs is 1. The molecule has 0 saturated heterocycles. The lowest BCUT2D eigenvalue weighted by atomic mass is 10.1. The van der Waals surface area contributed by atoms with E-state index in [1.54, 1.807) is 0 Å². The second-order valence-electron chi connectivity index (χ2n) is 3.73. The molecule has 2 N–H and O–H groups in total. The number of aromatic nitrogens is 1. The Bertz CT molecular complexity index is 567. The van der Waals surface area contributed by atoms with Gasteiger partial charge in [-0.3, -0.25) is 4.98 Å². The van der Waals surface area contributed by atoms with E-state index in [1.165, 1.54) is 12.1 Å². The van der Waals surface area contributed by atoms with E-state index in [0.717, 1.165) is 26.8 Å². The van der Waals surface area contributed by atoms with Gasteiger partial charge >= 0.3 is 0 Å². The summed E-state index contributed by atoms with van der Waals surface area (Å²) in [4.78, 5) is 4.54. The van der Waals surface area contributed by atoms with E-state index in [0.29, 0.717) is 11.1 Å². The molecule has 0 bridgehead atoms. The largest absolute Gasteiger partial charge is 0.398 e. The number of nitrogens with two attached hydrogens (primary N) is 1. The smallest absolute Gasteiger partial charge is 0.125 e. The zero-order chi connectivity index (χ0) is 11.9. The lowest BCUT2D eigenvalue weighted by Gasteiger charge is -2.11. The van der Waals surface area contributed by atoms with Gasteiger partial charge in [0.15, 0.2) is 0 Å². The fraction of sp³-hybridized carbons (Fsp3) is 0.250. The molecule has 2 rings (SSSR count). The molecule has 4 heteroatoms. The van der Waals surface area contributed by atoms with Crippen molar-refractivity contribution in [2.24, 2.45) is 0 Å². The van der Waals surface area contributed by atoms with Crippen molar-refractivity contribution in [1.82, 2.24) is 4.98 Å². The summed E-state index contributed by atoms with van der Waals surface area (Å²) in [5.74, 6) is -0.269. The second-order valence-corrected chi connectivity index (χ2v) is 4.90. The van der Waals surface area contributed by atoms with Crippen LogP contribution in [0.2, 0.25) is 0 Å². The van der Waals surface area contributed by atoms with Crippen LogP contribution in [0.3, 0.4) is 0 Å². The van der Waals surface area contributed by atoms with Crippen molar-refractivity contribution in [1.29, 1.82) is 0 Å². The van der Waals surface area contributed by atoms with Crippen molar-refractivity contribution in [2.75, 3.05) is 5.73 Å². The molecule has 1 heterocycles. The van der Waals surface area contributed by atoms with Crippen LogP contribution in [0.1, 0.15) is 18.2 Å². The zero-order valence-corrected chi connectivity index (χ0v) is 11.3. The summed E-state index contributed by atoms with van der Waals surface area (Å²) >= 11 is 2.09. The fourth-order valence-electron chi connectivity index (χ4n) is 1.81. The van der Waals surface area contributed by atoms with Gasteiger partial charge in [-0.05, 0) is 53.6 Å². The highest BCUT2D eigenvalue weighted by Crippen LogP contribution is 2.29. The maximum atomic E-state index is 13.3. The number of halogens is 2. The van der Waals surface area contributed by atoms with Crippen LogP contribution < -0.4 is 5.73 Å². The highest BCUT2D eigenvalue weighted by molar-refractivity contribution is 14.1. The van der Waals surface area contributed by atoms with E-state index < -0.39 is 0 Å². The van der Waals surface area contributed by atoms with Crippen LogP contribution in [0.5, 0.6) is 0 Å². The number of nitrogen functional groups attached to an aromatic ring is 1. The third-order valence-electron chi connectivity index (χ3n) is 2.74. The standard InChI is InChI=1S/C12H12FIN2/c1-3-10-6(2)11(15)8-4-7(13)5-9(14)12(8)16-10/h4-5H,3H2,1-2H3,(H2,15,16). The Morgan fingerprint density at radius 1 is 1.44 bits per heavy atom. The van der Waals surface area contributed by atoms with Crippen LogP contribution in [0, 0.1) is 16.3 Å². The Morgan fingerprint density at radius 3 is 2.75 bits per heavy atom. The number of hydrogen-bond acceptors (Lipinski definition) is 2. The van der Waals surface area contributed by atoms with Crippen molar-refractivity contribution in [3.05, 3.63) is 32.8 Å². The quantitative estimate of drug-likeness (QED) is 0.814. The summed E-state index contributed by atoms with van der Waals surface area (Å²) in [5, 5.41) is 0.708. The third kappa shape index (κ3) is 1.75. The van der Waals surface area contributed by atoms with Gasteiger partial charge in [0, 0.05) is 20.3 Å². The summed E-state index contributed by atoms with van der Waals surface area (Å²) in [7, 11) is 0. The molecule has 0 aliphatic carbocycles. The van der Waals surface area contributed by atoms with Gasteiger partial charge in [0.25, 0.3) is 0 Å². The van der Waals surface area contributed by atoms with Crippen LogP contribution in [0.25, 0.3) is 10.9 Å². The van der Waals surface area contributed by atoms with E-state index in [-0.39, 0.29) is 5.82 Å². The Labute approximate surface area is 107 Å². The Morgan fingerprint density at radius 2 is 2.12 bits per heavy atom. The Balaban J connectivity index is 2.92. The van der Waals surface area contributed by atoms with Gasteiger partial charge in [-0.25, -0.2) is 4.39 Å². The Kier molecular flexibility index (Phi) is 3.01. The molecule has 0 saturated carbocycles. The van der Waals surface area contributed by atoms with Crippen LogP contribution in [0.15, 0.2) is 12.1 Å². The number of rotatable bonds is 1. The SMILES string of the molecule is CCc1nc2c(I)cc(F)cc2c(N)c1C. The van der Waals surface area contributed by atoms with Crippen molar-refractivity contribution in [3.63, 3.8) is 0 Å². The van der Waals surface area contributed by atoms with Gasteiger partial charge in [0.1, 0.15) is 5.82 Å². The van der Waals surface area contributed by atoms with Crippen LogP contribution in [-0.2, 0) is 6.42 Å². The van der Waals surface area contributed by atoms with Crippen LogP contribution in [0.4, 0.5) is 10.1 Å². The molecule has 2 aromatic rings. The fourth-order valence-corrected chi connectivity index (χ4v) is 2.51. The first-order valence-electron chi connectivity index (χ1n) is 5.08. The molecule has 2 nitrogen and oxygen atoms in total. The van der Waals surface area contributed by atoms with Crippen molar-refractivity contribution in [3.8, 4) is 0 Å². The topological polar surface area (TPSA) is 38.9 Å². The second kappa shape index (κ2) is 4.16. The molecular weight excluding hydrogens is 318 g/mol. The first kappa shape index (κ1) is 11.6. The minimum Gasteiger partial charge on any atom is -0.398 e. The summed E-state index contributed by atoms with van der Waals surface area (Å²) in [5.41, 5.74) is 9.39. The molecule has 0 spiro atoms. The van der Waals surface area contributed by atoms with E-state index in [1.807, 2.05) is 13.8 Å². The van der Waals surface area contributed by atoms with Gasteiger partial charge < -0.3 is 5.73 Å². The van der Waals surface area contributed by atoms with Crippen molar-refractivity contribution in [2.45, 2.75) is 20.3 Å². The molecule has 0 amide bonds. The van der Waals surface area contributed by atoms with Crippen molar-refractivity contribution < 1.29 is 4.39 Å². The minimum atomic E-state index is -0.269. The van der Waals surface area contributed by atoms with E-state index in [9.17, 15) is 4.39 Å².